The van der Waals surface area contributed by atoms with Crippen LogP contribution in [0.3, 0.4) is 0 Å². The Labute approximate surface area is 74.5 Å². The normalized spacial score (nSPS) is 12.9. The van der Waals surface area contributed by atoms with Gasteiger partial charge in [-0.25, -0.2) is 0 Å². The number of carbonyl (C=O) groups excluding carboxylic acids is 1. The van der Waals surface area contributed by atoms with Gasteiger partial charge in [-0.2, -0.15) is 0 Å². The maximum absolute atomic E-state index is 11.3. The van der Waals surface area contributed by atoms with Gasteiger partial charge in [-0.3, -0.25) is 4.79 Å². The average molecular weight is 173 g/mol. The van der Waals surface area contributed by atoms with E-state index >= 15 is 0 Å². The Morgan fingerprint density at radius 1 is 1.58 bits per heavy atom. The lowest BCUT2D eigenvalue weighted by Crippen LogP contribution is -2.19. The molecular weight excluding hydrogens is 154 g/mol. The van der Waals surface area contributed by atoms with Crippen molar-refractivity contribution >= 4 is 5.78 Å². The number of rotatable bonds is 7. The van der Waals surface area contributed by atoms with E-state index in [0.717, 1.165) is 13.0 Å². The molecule has 0 spiro atoms. The van der Waals surface area contributed by atoms with Crippen LogP contribution in [0.1, 0.15) is 19.8 Å². The first-order valence-corrected chi connectivity index (χ1v) is 4.38. The summed E-state index contributed by atoms with van der Waals surface area (Å²) in [5, 5.41) is 2.96. The smallest absolute Gasteiger partial charge is 0.137 e. The molecule has 0 saturated heterocycles. The first-order valence-electron chi connectivity index (χ1n) is 4.38. The van der Waals surface area contributed by atoms with E-state index in [4.69, 9.17) is 4.74 Å². The number of ketones is 1. The van der Waals surface area contributed by atoms with Gasteiger partial charge in [0.1, 0.15) is 5.78 Å². The topological polar surface area (TPSA) is 38.3 Å². The van der Waals surface area contributed by atoms with Gasteiger partial charge < -0.3 is 10.1 Å². The molecular formula is C9H19NO2. The van der Waals surface area contributed by atoms with Crippen LogP contribution in [0, 0.1) is 5.92 Å². The molecule has 72 valence electrons. The number of hydrogen-bond acceptors (Lipinski definition) is 3. The van der Waals surface area contributed by atoms with Crippen molar-refractivity contribution in [1.82, 2.24) is 5.32 Å². The van der Waals surface area contributed by atoms with E-state index in [2.05, 4.69) is 5.32 Å². The minimum Gasteiger partial charge on any atom is -0.385 e. The summed E-state index contributed by atoms with van der Waals surface area (Å²) in [6.45, 7) is 3.40. The zero-order valence-corrected chi connectivity index (χ0v) is 8.22. The average Bonchev–Trinajstić information content (AvgIpc) is 2.10. The lowest BCUT2D eigenvalue weighted by atomic mass is 10.0. The summed E-state index contributed by atoms with van der Waals surface area (Å²) in [4.78, 5) is 11.3. The van der Waals surface area contributed by atoms with Gasteiger partial charge >= 0.3 is 0 Å². The molecule has 0 aromatic heterocycles. The van der Waals surface area contributed by atoms with Crippen molar-refractivity contribution in [3.63, 3.8) is 0 Å². The predicted molar refractivity (Wildman–Crippen MR) is 49.2 cm³/mol. The molecule has 0 bridgehead atoms. The first kappa shape index (κ1) is 11.6. The lowest BCUT2D eigenvalue weighted by Gasteiger charge is -2.08. The van der Waals surface area contributed by atoms with Crippen LogP contribution in [0.15, 0.2) is 0 Å². The molecule has 1 N–H and O–H groups in total. The molecule has 0 aliphatic heterocycles. The molecule has 0 amide bonds. The van der Waals surface area contributed by atoms with Crippen LogP contribution in [0.5, 0.6) is 0 Å². The standard InChI is InChI=1S/C9H19NO2/c1-8(5-7-12-3)9(11)4-6-10-2/h8,10H,4-7H2,1-3H3. The molecule has 0 aromatic carbocycles. The van der Waals surface area contributed by atoms with Gasteiger partial charge in [-0.1, -0.05) is 6.92 Å². The molecule has 1 unspecified atom stereocenters. The Bertz CT molecular complexity index is 126. The minimum atomic E-state index is 0.137. The highest BCUT2D eigenvalue weighted by molar-refractivity contribution is 5.80. The van der Waals surface area contributed by atoms with E-state index in [9.17, 15) is 4.79 Å². The number of methoxy groups -OCH3 is 1. The Morgan fingerprint density at radius 2 is 2.25 bits per heavy atom. The molecule has 12 heavy (non-hydrogen) atoms. The van der Waals surface area contributed by atoms with Gasteiger partial charge in [0.25, 0.3) is 0 Å². The Balaban J connectivity index is 3.47. The van der Waals surface area contributed by atoms with E-state index in [-0.39, 0.29) is 5.92 Å². The molecule has 0 aromatic rings. The molecule has 0 rings (SSSR count). The summed E-state index contributed by atoms with van der Waals surface area (Å²) < 4.78 is 4.90. The number of carbonyl (C=O) groups is 1. The van der Waals surface area contributed by atoms with Crippen molar-refractivity contribution in [2.24, 2.45) is 5.92 Å². The number of ether oxygens (including phenoxy) is 1. The highest BCUT2D eigenvalue weighted by atomic mass is 16.5. The third kappa shape index (κ3) is 5.27. The van der Waals surface area contributed by atoms with Crippen LogP contribution in [-0.4, -0.2) is 33.1 Å². The van der Waals surface area contributed by atoms with Crippen molar-refractivity contribution in [1.29, 1.82) is 0 Å². The van der Waals surface area contributed by atoms with E-state index in [1.165, 1.54) is 0 Å². The Kier molecular flexibility index (Phi) is 7.00. The van der Waals surface area contributed by atoms with Crippen LogP contribution in [-0.2, 0) is 9.53 Å². The van der Waals surface area contributed by atoms with Crippen molar-refractivity contribution < 1.29 is 9.53 Å². The SMILES string of the molecule is CNCCC(=O)C(C)CCOC. The zero-order valence-electron chi connectivity index (χ0n) is 8.22. The lowest BCUT2D eigenvalue weighted by molar-refractivity contribution is -0.122. The largest absolute Gasteiger partial charge is 0.385 e. The van der Waals surface area contributed by atoms with Crippen LogP contribution in [0.25, 0.3) is 0 Å². The van der Waals surface area contributed by atoms with Crippen molar-refractivity contribution in [3.05, 3.63) is 0 Å². The van der Waals surface area contributed by atoms with E-state index in [1.807, 2.05) is 14.0 Å². The van der Waals surface area contributed by atoms with Crippen LogP contribution in [0.4, 0.5) is 0 Å². The summed E-state index contributed by atoms with van der Waals surface area (Å²) >= 11 is 0. The molecule has 0 fully saturated rings. The highest BCUT2D eigenvalue weighted by Gasteiger charge is 2.10. The van der Waals surface area contributed by atoms with Crippen molar-refractivity contribution in [2.45, 2.75) is 19.8 Å². The van der Waals surface area contributed by atoms with E-state index in [0.29, 0.717) is 18.8 Å². The second-order valence-electron chi connectivity index (χ2n) is 3.00. The highest BCUT2D eigenvalue weighted by Crippen LogP contribution is 2.05. The van der Waals surface area contributed by atoms with Gasteiger partial charge in [0, 0.05) is 32.6 Å². The second-order valence-corrected chi connectivity index (χ2v) is 3.00. The van der Waals surface area contributed by atoms with Gasteiger partial charge in [0.05, 0.1) is 0 Å². The molecule has 0 radical (unpaired) electrons. The molecule has 3 heteroatoms. The summed E-state index contributed by atoms with van der Waals surface area (Å²) in [7, 11) is 3.51. The predicted octanol–water partition coefficient (Wildman–Crippen LogP) is 0.838. The fourth-order valence-corrected chi connectivity index (χ4v) is 0.950. The van der Waals surface area contributed by atoms with Gasteiger partial charge in [0.15, 0.2) is 0 Å². The summed E-state index contributed by atoms with van der Waals surface area (Å²) in [6.07, 6.45) is 1.46. The van der Waals surface area contributed by atoms with E-state index < -0.39 is 0 Å². The van der Waals surface area contributed by atoms with Crippen LogP contribution >= 0.6 is 0 Å². The molecule has 0 heterocycles. The van der Waals surface area contributed by atoms with Crippen LogP contribution < -0.4 is 5.32 Å². The Morgan fingerprint density at radius 3 is 2.75 bits per heavy atom. The number of hydrogen-bond donors (Lipinski definition) is 1. The van der Waals surface area contributed by atoms with Gasteiger partial charge in [-0.15, -0.1) is 0 Å². The molecule has 0 aliphatic carbocycles. The fourth-order valence-electron chi connectivity index (χ4n) is 0.950. The van der Waals surface area contributed by atoms with Crippen molar-refractivity contribution in [2.75, 3.05) is 27.3 Å². The molecule has 1 atom stereocenters. The minimum absolute atomic E-state index is 0.137. The van der Waals surface area contributed by atoms with Gasteiger partial charge in [0.2, 0.25) is 0 Å². The monoisotopic (exact) mass is 173 g/mol. The van der Waals surface area contributed by atoms with E-state index in [1.54, 1.807) is 7.11 Å². The Hall–Kier alpha value is -0.410. The summed E-state index contributed by atoms with van der Waals surface area (Å²) in [5.41, 5.74) is 0. The molecule has 0 aliphatic rings. The molecule has 3 nitrogen and oxygen atoms in total. The maximum atomic E-state index is 11.3. The maximum Gasteiger partial charge on any atom is 0.137 e. The number of nitrogens with one attached hydrogen (secondary N) is 1. The summed E-state index contributed by atoms with van der Waals surface area (Å²) in [5.74, 6) is 0.458. The zero-order chi connectivity index (χ0) is 9.40. The van der Waals surface area contributed by atoms with Crippen LogP contribution in [0.2, 0.25) is 0 Å². The fraction of sp³-hybridized carbons (Fsp3) is 0.889. The summed E-state index contributed by atoms with van der Waals surface area (Å²) in [6, 6.07) is 0. The number of Topliss-reactive ketones (excluding diaryl/α,β-unsaturated/α-hetero) is 1. The van der Waals surface area contributed by atoms with Crippen molar-refractivity contribution in [3.8, 4) is 0 Å². The second kappa shape index (κ2) is 7.25. The third-order valence-corrected chi connectivity index (χ3v) is 1.93. The quantitative estimate of drug-likeness (QED) is 0.620. The van der Waals surface area contributed by atoms with Gasteiger partial charge in [-0.05, 0) is 13.5 Å². The third-order valence-electron chi connectivity index (χ3n) is 1.93. The molecule has 0 saturated carbocycles. The first-order chi connectivity index (χ1) is 5.72.